The molecule has 12 heteroatoms. The highest BCUT2D eigenvalue weighted by Gasteiger charge is 2.19. The third-order valence-electron chi connectivity index (χ3n) is 4.64. The summed E-state index contributed by atoms with van der Waals surface area (Å²) in [5.74, 6) is 1.89. The molecule has 0 aliphatic carbocycles. The van der Waals surface area contributed by atoms with Crippen LogP contribution in [0, 0.1) is 13.8 Å². The third kappa shape index (κ3) is 5.92. The molecular weight excluding hydrogens is 444 g/mol. The number of anilines is 5. The molecule has 0 aliphatic heterocycles. The van der Waals surface area contributed by atoms with E-state index in [1.54, 1.807) is 45.3 Å². The van der Waals surface area contributed by atoms with Crippen molar-refractivity contribution in [1.82, 2.24) is 24.8 Å². The van der Waals surface area contributed by atoms with Crippen LogP contribution in [0.4, 0.5) is 28.8 Å². The number of carbonyl (C=O) groups is 1. The number of hydrogen-bond donors (Lipinski definition) is 2. The number of nitrogens with zero attached hydrogens (tertiary/aromatic N) is 6. The minimum atomic E-state index is -3.58. The second kappa shape index (κ2) is 9.36. The van der Waals surface area contributed by atoms with E-state index in [1.165, 1.54) is 24.3 Å². The second-order valence-electron chi connectivity index (χ2n) is 7.64. The lowest BCUT2D eigenvalue weighted by molar-refractivity contribution is 0.0827. The summed E-state index contributed by atoms with van der Waals surface area (Å²) in [6.45, 7) is 3.67. The molecule has 0 radical (unpaired) electrons. The highest BCUT2D eigenvalue weighted by atomic mass is 32.2. The van der Waals surface area contributed by atoms with E-state index in [9.17, 15) is 13.2 Å². The van der Waals surface area contributed by atoms with Crippen LogP contribution in [0.5, 0.6) is 0 Å². The van der Waals surface area contributed by atoms with Gasteiger partial charge in [-0.3, -0.25) is 9.10 Å². The van der Waals surface area contributed by atoms with Gasteiger partial charge in [0.2, 0.25) is 10.0 Å². The maximum absolute atomic E-state index is 12.4. The monoisotopic (exact) mass is 470 g/mol. The summed E-state index contributed by atoms with van der Waals surface area (Å²) in [7, 11) is 1.10. The average Bonchev–Trinajstić information content (AvgIpc) is 2.71. The van der Waals surface area contributed by atoms with Crippen molar-refractivity contribution in [3.63, 3.8) is 0 Å². The molecule has 3 rings (SSSR count). The molecule has 174 valence electrons. The fourth-order valence-electron chi connectivity index (χ4n) is 3.01. The van der Waals surface area contributed by atoms with Gasteiger partial charge in [-0.15, -0.1) is 0 Å². The normalized spacial score (nSPS) is 11.1. The van der Waals surface area contributed by atoms with Gasteiger partial charge in [0.1, 0.15) is 29.6 Å². The number of rotatable bonds is 7. The van der Waals surface area contributed by atoms with Crippen molar-refractivity contribution in [3.8, 4) is 0 Å². The first-order chi connectivity index (χ1) is 15.4. The molecule has 11 nitrogen and oxygen atoms in total. The lowest BCUT2D eigenvalue weighted by Gasteiger charge is -2.22. The van der Waals surface area contributed by atoms with E-state index in [4.69, 9.17) is 0 Å². The quantitative estimate of drug-likeness (QED) is 0.534. The first-order valence-electron chi connectivity index (χ1n) is 9.92. The Kier molecular flexibility index (Phi) is 6.77. The fourth-order valence-corrected chi connectivity index (χ4v) is 3.52. The Bertz CT molecular complexity index is 1270. The Morgan fingerprint density at radius 2 is 1.58 bits per heavy atom. The highest BCUT2D eigenvalue weighted by molar-refractivity contribution is 7.92. The van der Waals surface area contributed by atoms with E-state index in [0.717, 1.165) is 16.3 Å². The van der Waals surface area contributed by atoms with Crippen LogP contribution in [0.2, 0.25) is 0 Å². The van der Waals surface area contributed by atoms with E-state index >= 15 is 0 Å². The largest absolute Gasteiger partial charge is 0.345 e. The number of amides is 1. The van der Waals surface area contributed by atoms with Crippen LogP contribution in [0.25, 0.3) is 0 Å². The van der Waals surface area contributed by atoms with Crippen LogP contribution in [-0.2, 0) is 10.0 Å². The smallest absolute Gasteiger partial charge is 0.253 e. The summed E-state index contributed by atoms with van der Waals surface area (Å²) in [4.78, 5) is 30.8. The molecular formula is C21H26N8O3S. The third-order valence-corrected chi connectivity index (χ3v) is 5.83. The van der Waals surface area contributed by atoms with E-state index in [2.05, 4.69) is 30.6 Å². The van der Waals surface area contributed by atoms with Crippen molar-refractivity contribution in [2.75, 3.05) is 42.3 Å². The molecule has 0 saturated carbocycles. The standard InChI is InChI=1S/C21H26N8O3S/c1-13-9-20(25-14(2)24-13)27-19-11-18(22-12-23-19)26-16-8-7-15(21(30)28(3)4)10-17(16)29(5)33(6,31)32/h7-12H,1-6H3,(H2,22,23,24,25,26,27). The highest BCUT2D eigenvalue weighted by Crippen LogP contribution is 2.31. The molecule has 1 amide bonds. The molecule has 0 saturated heterocycles. The summed E-state index contributed by atoms with van der Waals surface area (Å²) in [5, 5.41) is 6.23. The molecule has 0 aliphatic rings. The second-order valence-corrected chi connectivity index (χ2v) is 9.66. The lowest BCUT2D eigenvalue weighted by atomic mass is 10.1. The number of aryl methyl sites for hydroxylation is 2. The van der Waals surface area contributed by atoms with E-state index in [0.29, 0.717) is 40.2 Å². The molecule has 0 unspecified atom stereocenters. The molecule has 0 spiro atoms. The van der Waals surface area contributed by atoms with Gasteiger partial charge in [-0.25, -0.2) is 28.4 Å². The SMILES string of the molecule is Cc1cc(Nc2cc(Nc3ccc(C(=O)N(C)C)cc3N(C)S(C)(=O)=O)ncn2)nc(C)n1. The molecule has 0 bridgehead atoms. The Labute approximate surface area is 193 Å². The summed E-state index contributed by atoms with van der Waals surface area (Å²) >= 11 is 0. The van der Waals surface area contributed by atoms with Crippen LogP contribution < -0.4 is 14.9 Å². The van der Waals surface area contributed by atoms with E-state index in [-0.39, 0.29) is 5.91 Å². The van der Waals surface area contributed by atoms with Gasteiger partial charge < -0.3 is 15.5 Å². The van der Waals surface area contributed by atoms with E-state index in [1.807, 2.05) is 6.92 Å². The zero-order valence-electron chi connectivity index (χ0n) is 19.3. The maximum Gasteiger partial charge on any atom is 0.253 e. The van der Waals surface area contributed by atoms with Crippen molar-refractivity contribution < 1.29 is 13.2 Å². The first-order valence-corrected chi connectivity index (χ1v) is 11.8. The zero-order valence-corrected chi connectivity index (χ0v) is 20.1. The molecule has 3 aromatic rings. The van der Waals surface area contributed by atoms with Gasteiger partial charge in [0, 0.05) is 44.5 Å². The molecule has 33 heavy (non-hydrogen) atoms. The number of benzene rings is 1. The Morgan fingerprint density at radius 1 is 0.909 bits per heavy atom. The molecule has 2 heterocycles. The predicted octanol–water partition coefficient (Wildman–Crippen LogP) is 2.47. The molecule has 0 fully saturated rings. The van der Waals surface area contributed by atoms with E-state index < -0.39 is 10.0 Å². The van der Waals surface area contributed by atoms with Crippen molar-refractivity contribution in [2.45, 2.75) is 13.8 Å². The topological polar surface area (TPSA) is 133 Å². The van der Waals surface area contributed by atoms with Crippen molar-refractivity contribution >= 4 is 44.8 Å². The minimum Gasteiger partial charge on any atom is -0.345 e. The molecule has 0 atom stereocenters. The number of hydrogen-bond acceptors (Lipinski definition) is 9. The zero-order chi connectivity index (χ0) is 24.3. The van der Waals surface area contributed by atoms with Gasteiger partial charge in [0.25, 0.3) is 5.91 Å². The number of aromatic nitrogens is 4. The van der Waals surface area contributed by atoms with Crippen molar-refractivity contribution in [2.24, 2.45) is 0 Å². The Balaban J connectivity index is 1.95. The summed E-state index contributed by atoms with van der Waals surface area (Å²) < 4.78 is 25.5. The maximum atomic E-state index is 12.4. The van der Waals surface area contributed by atoms with Gasteiger partial charge in [-0.1, -0.05) is 0 Å². The summed E-state index contributed by atoms with van der Waals surface area (Å²) in [6.07, 6.45) is 2.46. The van der Waals surface area contributed by atoms with Crippen LogP contribution in [0.1, 0.15) is 21.9 Å². The molecule has 2 aromatic heterocycles. The van der Waals surface area contributed by atoms with Crippen LogP contribution in [0.15, 0.2) is 36.7 Å². The van der Waals surface area contributed by atoms with Crippen LogP contribution in [-0.4, -0.2) is 66.6 Å². The van der Waals surface area contributed by atoms with Crippen molar-refractivity contribution in [1.29, 1.82) is 0 Å². The van der Waals surface area contributed by atoms with Gasteiger partial charge in [0.15, 0.2) is 0 Å². The van der Waals surface area contributed by atoms with Crippen LogP contribution in [0.3, 0.4) is 0 Å². The minimum absolute atomic E-state index is 0.242. The van der Waals surface area contributed by atoms with Crippen molar-refractivity contribution in [3.05, 3.63) is 53.7 Å². The summed E-state index contributed by atoms with van der Waals surface area (Å²) in [6, 6.07) is 8.24. The Morgan fingerprint density at radius 3 is 2.18 bits per heavy atom. The first kappa shape index (κ1) is 23.9. The van der Waals surface area contributed by atoms with Crippen LogP contribution >= 0.6 is 0 Å². The number of carbonyl (C=O) groups excluding carboxylic acids is 1. The predicted molar refractivity (Wildman–Crippen MR) is 128 cm³/mol. The average molecular weight is 471 g/mol. The van der Waals surface area contributed by atoms with Gasteiger partial charge >= 0.3 is 0 Å². The molecule has 1 aromatic carbocycles. The van der Waals surface area contributed by atoms with Gasteiger partial charge in [-0.05, 0) is 32.0 Å². The van der Waals surface area contributed by atoms with Gasteiger partial charge in [-0.2, -0.15) is 0 Å². The summed E-state index contributed by atoms with van der Waals surface area (Å²) in [5.41, 5.74) is 1.94. The Hall–Kier alpha value is -3.80. The van der Waals surface area contributed by atoms with Gasteiger partial charge in [0.05, 0.1) is 17.6 Å². The number of sulfonamides is 1. The number of nitrogens with one attached hydrogen (secondary N) is 2. The molecule has 2 N–H and O–H groups in total. The lowest BCUT2D eigenvalue weighted by Crippen LogP contribution is -2.27. The fraction of sp³-hybridized carbons (Fsp3) is 0.286.